The first-order valence-corrected chi connectivity index (χ1v) is 9.87. The van der Waals surface area contributed by atoms with Crippen LogP contribution in [0, 0.1) is 11.7 Å². The molecule has 154 valence electrons. The lowest BCUT2D eigenvalue weighted by molar-refractivity contribution is -0.134. The van der Waals surface area contributed by atoms with E-state index in [0.29, 0.717) is 43.1 Å². The predicted molar refractivity (Wildman–Crippen MR) is 101 cm³/mol. The van der Waals surface area contributed by atoms with Crippen molar-refractivity contribution in [3.63, 3.8) is 0 Å². The zero-order valence-electron chi connectivity index (χ0n) is 16.0. The molecule has 3 N–H and O–H groups in total. The molecular formula is C19H24FN7O2. The van der Waals surface area contributed by atoms with E-state index in [1.807, 2.05) is 4.90 Å². The Labute approximate surface area is 167 Å². The van der Waals surface area contributed by atoms with Gasteiger partial charge in [-0.1, -0.05) is 12.8 Å². The van der Waals surface area contributed by atoms with Crippen LogP contribution < -0.4 is 11.1 Å². The average molecular weight is 401 g/mol. The van der Waals surface area contributed by atoms with Crippen LogP contribution >= 0.6 is 0 Å². The number of nitrogens with one attached hydrogen (secondary N) is 1. The number of hydrogen-bond donors (Lipinski definition) is 2. The van der Waals surface area contributed by atoms with Crippen molar-refractivity contribution in [3.8, 4) is 5.69 Å². The van der Waals surface area contributed by atoms with Gasteiger partial charge < -0.3 is 5.73 Å². The Morgan fingerprint density at radius 2 is 2.14 bits per heavy atom. The monoisotopic (exact) mass is 401 g/mol. The largest absolute Gasteiger partial charge is 0.320 e. The summed E-state index contributed by atoms with van der Waals surface area (Å²) in [5.41, 5.74) is 7.22. The summed E-state index contributed by atoms with van der Waals surface area (Å²) in [6.45, 7) is 1.01. The normalized spacial score (nSPS) is 20.6. The van der Waals surface area contributed by atoms with Crippen molar-refractivity contribution in [2.75, 3.05) is 6.54 Å². The van der Waals surface area contributed by atoms with Crippen LogP contribution in [0.25, 0.3) is 5.69 Å². The molecule has 1 aromatic heterocycles. The Morgan fingerprint density at radius 3 is 2.86 bits per heavy atom. The predicted octanol–water partition coefficient (Wildman–Crippen LogP) is 0.536. The van der Waals surface area contributed by atoms with E-state index in [9.17, 15) is 14.0 Å². The van der Waals surface area contributed by atoms with E-state index in [4.69, 9.17) is 5.73 Å². The Kier molecular flexibility index (Phi) is 5.63. The van der Waals surface area contributed by atoms with Crippen molar-refractivity contribution in [3.05, 3.63) is 35.9 Å². The van der Waals surface area contributed by atoms with Crippen LogP contribution in [0.4, 0.5) is 4.39 Å². The molecule has 2 fully saturated rings. The minimum atomic E-state index is -0.657. The first-order valence-electron chi connectivity index (χ1n) is 9.87. The number of nitrogens with zero attached hydrogens (tertiary/aromatic N) is 5. The molecule has 2 atom stereocenters. The first-order chi connectivity index (χ1) is 14.0. The fraction of sp³-hybridized carbons (Fsp3) is 0.526. The zero-order chi connectivity index (χ0) is 20.4. The van der Waals surface area contributed by atoms with Gasteiger partial charge in [-0.2, -0.15) is 0 Å². The molecule has 10 heteroatoms. The van der Waals surface area contributed by atoms with Gasteiger partial charge in [0, 0.05) is 6.54 Å². The topological polar surface area (TPSA) is 119 Å². The minimum Gasteiger partial charge on any atom is -0.320 e. The van der Waals surface area contributed by atoms with E-state index in [1.165, 1.54) is 23.1 Å². The van der Waals surface area contributed by atoms with Crippen molar-refractivity contribution in [1.82, 2.24) is 30.4 Å². The van der Waals surface area contributed by atoms with Gasteiger partial charge in [-0.25, -0.2) is 9.07 Å². The maximum Gasteiger partial charge on any atom is 0.243 e. The van der Waals surface area contributed by atoms with Crippen LogP contribution in [0.2, 0.25) is 0 Å². The lowest BCUT2D eigenvalue weighted by Gasteiger charge is -2.25. The molecule has 1 aliphatic carbocycles. The molecule has 29 heavy (non-hydrogen) atoms. The number of tetrazole rings is 1. The molecule has 2 aliphatic rings. The summed E-state index contributed by atoms with van der Waals surface area (Å²) < 4.78 is 15.3. The second-order valence-electron chi connectivity index (χ2n) is 7.80. The minimum absolute atomic E-state index is 0.341. The maximum atomic E-state index is 13.9. The van der Waals surface area contributed by atoms with Gasteiger partial charge in [0.05, 0.1) is 17.8 Å². The molecule has 9 nitrogen and oxygen atoms in total. The number of amides is 2. The summed E-state index contributed by atoms with van der Waals surface area (Å²) in [4.78, 5) is 26.9. The summed E-state index contributed by atoms with van der Waals surface area (Å²) in [5.74, 6) is -0.641. The highest BCUT2D eigenvalue weighted by Crippen LogP contribution is 2.33. The van der Waals surface area contributed by atoms with Gasteiger partial charge in [-0.15, -0.1) is 5.10 Å². The fourth-order valence-corrected chi connectivity index (χ4v) is 3.82. The number of likely N-dealkylation sites (tertiary alicyclic amines) is 1. The fourth-order valence-electron chi connectivity index (χ4n) is 3.82. The summed E-state index contributed by atoms with van der Waals surface area (Å²) in [6, 6.07) is 3.25. The highest BCUT2D eigenvalue weighted by Gasteiger charge is 2.34. The van der Waals surface area contributed by atoms with Crippen molar-refractivity contribution in [2.24, 2.45) is 11.7 Å². The van der Waals surface area contributed by atoms with Crippen molar-refractivity contribution < 1.29 is 14.0 Å². The molecule has 1 aromatic carbocycles. The number of carbonyl (C=O) groups is 2. The molecular weight excluding hydrogens is 377 g/mol. The third-order valence-corrected chi connectivity index (χ3v) is 5.54. The highest BCUT2D eigenvalue weighted by molar-refractivity contribution is 6.00. The smallest absolute Gasteiger partial charge is 0.243 e. The van der Waals surface area contributed by atoms with Crippen LogP contribution in [-0.4, -0.2) is 55.5 Å². The van der Waals surface area contributed by atoms with Gasteiger partial charge in [0.1, 0.15) is 12.1 Å². The standard InChI is InChI=1S/C19H24FN7O2/c20-14-5-6-16(27-11-22-24-25-27)13(9-14)10-26-7-1-2-17(26)19(29)23-18(28)15(21)8-12-3-4-12/h5-6,9,11-12,15,17H,1-4,7-8,10,21H2,(H,23,28,29)/t15-,17+/m1/s1. The quantitative estimate of drug-likeness (QED) is 0.695. The van der Waals surface area contributed by atoms with E-state index in [0.717, 1.165) is 19.3 Å². The van der Waals surface area contributed by atoms with Crippen LogP contribution in [0.1, 0.15) is 37.7 Å². The van der Waals surface area contributed by atoms with E-state index in [-0.39, 0.29) is 11.7 Å². The Hall–Kier alpha value is -2.72. The average Bonchev–Trinajstić information content (AvgIpc) is 3.16. The summed E-state index contributed by atoms with van der Waals surface area (Å²) >= 11 is 0. The van der Waals surface area contributed by atoms with Crippen LogP contribution in [0.3, 0.4) is 0 Å². The van der Waals surface area contributed by atoms with E-state index in [2.05, 4.69) is 20.8 Å². The molecule has 1 aliphatic heterocycles. The lowest BCUT2D eigenvalue weighted by atomic mass is 10.1. The number of carbonyl (C=O) groups excluding carboxylic acids is 2. The summed E-state index contributed by atoms with van der Waals surface area (Å²) in [7, 11) is 0. The van der Waals surface area contributed by atoms with Crippen LogP contribution in [0.15, 0.2) is 24.5 Å². The molecule has 0 spiro atoms. The van der Waals surface area contributed by atoms with Gasteiger partial charge in [-0.3, -0.25) is 19.8 Å². The van der Waals surface area contributed by atoms with Crippen molar-refractivity contribution in [2.45, 2.75) is 50.7 Å². The SMILES string of the molecule is N[C@H](CC1CC1)C(=O)NC(=O)[C@@H]1CCCN1Cc1cc(F)ccc1-n1cnnn1. The molecule has 2 aromatic rings. The number of hydrogen-bond acceptors (Lipinski definition) is 7. The molecule has 0 bridgehead atoms. The van der Waals surface area contributed by atoms with Gasteiger partial charge in [0.15, 0.2) is 0 Å². The highest BCUT2D eigenvalue weighted by atomic mass is 19.1. The van der Waals surface area contributed by atoms with Crippen molar-refractivity contribution in [1.29, 1.82) is 0 Å². The third-order valence-electron chi connectivity index (χ3n) is 5.54. The lowest BCUT2D eigenvalue weighted by Crippen LogP contribution is -2.50. The van der Waals surface area contributed by atoms with Gasteiger partial charge in [0.25, 0.3) is 0 Å². The molecule has 2 amide bonds. The number of halogens is 1. The van der Waals surface area contributed by atoms with Gasteiger partial charge in [0.2, 0.25) is 11.8 Å². The third kappa shape index (κ3) is 4.65. The number of nitrogens with two attached hydrogens (primary N) is 1. The molecule has 0 unspecified atom stereocenters. The number of benzene rings is 1. The number of imide groups is 1. The molecule has 1 saturated heterocycles. The van der Waals surface area contributed by atoms with Crippen LogP contribution in [0.5, 0.6) is 0 Å². The molecule has 0 radical (unpaired) electrons. The van der Waals surface area contributed by atoms with E-state index >= 15 is 0 Å². The number of rotatable bonds is 7. The Morgan fingerprint density at radius 1 is 1.31 bits per heavy atom. The van der Waals surface area contributed by atoms with Crippen LogP contribution in [-0.2, 0) is 16.1 Å². The molecule has 1 saturated carbocycles. The van der Waals surface area contributed by atoms with Gasteiger partial charge >= 0.3 is 0 Å². The van der Waals surface area contributed by atoms with Gasteiger partial charge in [-0.05, 0) is 65.9 Å². The van der Waals surface area contributed by atoms with E-state index < -0.39 is 18.0 Å². The first kappa shape index (κ1) is 19.6. The molecule has 2 heterocycles. The second kappa shape index (κ2) is 8.34. The Bertz CT molecular complexity index is 885. The van der Waals surface area contributed by atoms with Crippen molar-refractivity contribution >= 4 is 11.8 Å². The summed E-state index contributed by atoms with van der Waals surface area (Å²) in [6.07, 6.45) is 5.70. The molecule has 4 rings (SSSR count). The maximum absolute atomic E-state index is 13.9. The Balaban J connectivity index is 1.44. The second-order valence-corrected chi connectivity index (χ2v) is 7.80. The summed E-state index contributed by atoms with van der Waals surface area (Å²) in [5, 5.41) is 13.6. The number of aromatic nitrogens is 4. The zero-order valence-corrected chi connectivity index (χ0v) is 16.0. The van der Waals surface area contributed by atoms with E-state index in [1.54, 1.807) is 6.07 Å².